The zero-order valence-corrected chi connectivity index (χ0v) is 19.4. The van der Waals surface area contributed by atoms with Crippen LogP contribution >= 0.6 is 0 Å². The minimum absolute atomic E-state index is 0.308. The molecule has 29 heavy (non-hydrogen) atoms. The molecule has 2 heteroatoms. The summed E-state index contributed by atoms with van der Waals surface area (Å²) in [6, 6.07) is 0. The molecule has 0 aliphatic heterocycles. The molecule has 3 saturated carbocycles. The highest BCUT2D eigenvalue weighted by Gasteiger charge is 2.59. The SMILES string of the molecule is C[C@H](CO)CCC[C@@H](C)C1CCC2C3CCC4=CC(=O)CC[C@]4(C)C3CC[C@@]21C. The Bertz CT molecular complexity index is 651. The maximum absolute atomic E-state index is 12.0. The summed E-state index contributed by atoms with van der Waals surface area (Å²) in [5, 5.41) is 9.31. The van der Waals surface area contributed by atoms with Gasteiger partial charge in [0.15, 0.2) is 5.78 Å². The number of carbonyl (C=O) groups is 1. The summed E-state index contributed by atoms with van der Waals surface area (Å²) in [5.74, 6) is 5.13. The first-order valence-corrected chi connectivity index (χ1v) is 12.6. The van der Waals surface area contributed by atoms with Crippen LogP contribution in [0.3, 0.4) is 0 Å². The smallest absolute Gasteiger partial charge is 0.155 e. The summed E-state index contributed by atoms with van der Waals surface area (Å²) < 4.78 is 0. The van der Waals surface area contributed by atoms with Crippen LogP contribution in [0.5, 0.6) is 0 Å². The van der Waals surface area contributed by atoms with E-state index in [2.05, 4.69) is 27.7 Å². The largest absolute Gasteiger partial charge is 0.396 e. The van der Waals surface area contributed by atoms with Crippen molar-refractivity contribution in [2.45, 2.75) is 98.3 Å². The van der Waals surface area contributed by atoms with E-state index in [0.29, 0.717) is 29.1 Å². The van der Waals surface area contributed by atoms with Gasteiger partial charge in [-0.3, -0.25) is 4.79 Å². The van der Waals surface area contributed by atoms with E-state index in [9.17, 15) is 9.90 Å². The number of carbonyl (C=O) groups excluding carboxylic acids is 1. The standard InChI is InChI=1S/C27H44O2/c1-18(17-28)6-5-7-19(2)23-10-11-24-22-9-8-20-16-21(29)12-14-26(20,3)25(22)13-15-27(23,24)4/h16,18-19,22-25,28H,5-15,17H2,1-4H3/t18-,19+,22?,23?,24?,25?,26-,27+/m0/s1. The lowest BCUT2D eigenvalue weighted by molar-refractivity contribution is -0.117. The molecule has 0 spiro atoms. The van der Waals surface area contributed by atoms with E-state index in [-0.39, 0.29) is 0 Å². The van der Waals surface area contributed by atoms with E-state index in [1.165, 1.54) is 63.4 Å². The van der Waals surface area contributed by atoms with Gasteiger partial charge in [-0.25, -0.2) is 0 Å². The van der Waals surface area contributed by atoms with Crippen molar-refractivity contribution in [2.75, 3.05) is 6.61 Å². The number of allylic oxidation sites excluding steroid dienone is 1. The third-order valence-electron chi connectivity index (χ3n) is 10.4. The third-order valence-corrected chi connectivity index (χ3v) is 10.4. The van der Waals surface area contributed by atoms with Crippen molar-refractivity contribution in [1.29, 1.82) is 0 Å². The molecule has 0 heterocycles. The third kappa shape index (κ3) is 3.66. The number of ketones is 1. The maximum Gasteiger partial charge on any atom is 0.155 e. The lowest BCUT2D eigenvalue weighted by atomic mass is 9.46. The second-order valence-corrected chi connectivity index (χ2v) is 11.9. The van der Waals surface area contributed by atoms with E-state index in [1.54, 1.807) is 0 Å². The second-order valence-electron chi connectivity index (χ2n) is 11.9. The molecule has 1 N–H and O–H groups in total. The quantitative estimate of drug-likeness (QED) is 0.547. The van der Waals surface area contributed by atoms with Crippen molar-refractivity contribution in [1.82, 2.24) is 0 Å². The second kappa shape index (κ2) is 8.13. The molecule has 8 atom stereocenters. The number of hydrogen-bond donors (Lipinski definition) is 1. The van der Waals surface area contributed by atoms with Crippen molar-refractivity contribution in [3.63, 3.8) is 0 Å². The van der Waals surface area contributed by atoms with E-state index >= 15 is 0 Å². The topological polar surface area (TPSA) is 37.3 Å². The normalized spacial score (nSPS) is 43.8. The first-order chi connectivity index (χ1) is 13.8. The van der Waals surface area contributed by atoms with Crippen LogP contribution in [-0.2, 0) is 4.79 Å². The molecule has 4 aliphatic rings. The molecule has 164 valence electrons. The minimum Gasteiger partial charge on any atom is -0.396 e. The Kier molecular flexibility index (Phi) is 6.06. The number of aliphatic hydroxyl groups excluding tert-OH is 1. The molecule has 0 amide bonds. The van der Waals surface area contributed by atoms with E-state index in [0.717, 1.165) is 42.4 Å². The van der Waals surface area contributed by atoms with Crippen LogP contribution in [0.1, 0.15) is 98.3 Å². The Labute approximate surface area is 178 Å². The van der Waals surface area contributed by atoms with Crippen LogP contribution < -0.4 is 0 Å². The van der Waals surface area contributed by atoms with Gasteiger partial charge in [-0.1, -0.05) is 46.1 Å². The molecule has 0 aromatic carbocycles. The first-order valence-electron chi connectivity index (χ1n) is 12.6. The van der Waals surface area contributed by atoms with Gasteiger partial charge in [0.1, 0.15) is 0 Å². The summed E-state index contributed by atoms with van der Waals surface area (Å²) in [5.41, 5.74) is 2.34. The van der Waals surface area contributed by atoms with Gasteiger partial charge in [-0.15, -0.1) is 0 Å². The lowest BCUT2D eigenvalue weighted by Gasteiger charge is -2.58. The number of fused-ring (bicyclic) bond motifs is 5. The molecule has 0 radical (unpaired) electrons. The van der Waals surface area contributed by atoms with Crippen LogP contribution in [0.2, 0.25) is 0 Å². The molecule has 0 saturated heterocycles. The van der Waals surface area contributed by atoms with Crippen LogP contribution in [-0.4, -0.2) is 17.5 Å². The van der Waals surface area contributed by atoms with Gasteiger partial charge in [0.05, 0.1) is 0 Å². The van der Waals surface area contributed by atoms with E-state index in [4.69, 9.17) is 0 Å². The lowest BCUT2D eigenvalue weighted by Crippen LogP contribution is -2.50. The minimum atomic E-state index is 0.308. The maximum atomic E-state index is 12.0. The Morgan fingerprint density at radius 2 is 1.83 bits per heavy atom. The molecule has 0 aromatic heterocycles. The van der Waals surface area contributed by atoms with E-state index < -0.39 is 0 Å². The van der Waals surface area contributed by atoms with Gasteiger partial charge >= 0.3 is 0 Å². The highest BCUT2D eigenvalue weighted by Crippen LogP contribution is 2.67. The molecule has 4 aliphatic carbocycles. The molecule has 0 aromatic rings. The molecular formula is C27H44O2. The fourth-order valence-corrected chi connectivity index (χ4v) is 8.62. The van der Waals surface area contributed by atoms with Gasteiger partial charge in [0.25, 0.3) is 0 Å². The van der Waals surface area contributed by atoms with Crippen molar-refractivity contribution in [3.8, 4) is 0 Å². The molecule has 4 unspecified atom stereocenters. The predicted molar refractivity (Wildman–Crippen MR) is 119 cm³/mol. The molecule has 0 bridgehead atoms. The first kappa shape index (κ1) is 21.6. The van der Waals surface area contributed by atoms with Crippen molar-refractivity contribution < 1.29 is 9.90 Å². The van der Waals surface area contributed by atoms with Crippen LogP contribution in [0.4, 0.5) is 0 Å². The Morgan fingerprint density at radius 1 is 1.03 bits per heavy atom. The fraction of sp³-hybridized carbons (Fsp3) is 0.889. The van der Waals surface area contributed by atoms with Gasteiger partial charge in [-0.2, -0.15) is 0 Å². The molecule has 2 nitrogen and oxygen atoms in total. The summed E-state index contributed by atoms with van der Waals surface area (Å²) >= 11 is 0. The van der Waals surface area contributed by atoms with Gasteiger partial charge in [0, 0.05) is 13.0 Å². The van der Waals surface area contributed by atoms with Crippen LogP contribution in [0.25, 0.3) is 0 Å². The summed E-state index contributed by atoms with van der Waals surface area (Å²) in [4.78, 5) is 12.0. The van der Waals surface area contributed by atoms with Crippen molar-refractivity contribution >= 4 is 5.78 Å². The van der Waals surface area contributed by atoms with E-state index in [1.807, 2.05) is 6.08 Å². The zero-order chi connectivity index (χ0) is 20.8. The predicted octanol–water partition coefficient (Wildman–Crippen LogP) is 6.57. The van der Waals surface area contributed by atoms with Gasteiger partial charge in [0.2, 0.25) is 0 Å². The molecular weight excluding hydrogens is 356 g/mol. The van der Waals surface area contributed by atoms with Crippen LogP contribution in [0.15, 0.2) is 11.6 Å². The van der Waals surface area contributed by atoms with Crippen LogP contribution in [0, 0.1) is 46.3 Å². The summed E-state index contributed by atoms with van der Waals surface area (Å²) in [7, 11) is 0. The summed E-state index contributed by atoms with van der Waals surface area (Å²) in [6.45, 7) is 10.2. The number of aliphatic hydroxyl groups is 1. The number of rotatable bonds is 6. The average molecular weight is 401 g/mol. The highest BCUT2D eigenvalue weighted by molar-refractivity contribution is 5.91. The van der Waals surface area contributed by atoms with Gasteiger partial charge in [-0.05, 0) is 104 Å². The van der Waals surface area contributed by atoms with Gasteiger partial charge < -0.3 is 5.11 Å². The van der Waals surface area contributed by atoms with Crippen molar-refractivity contribution in [2.24, 2.45) is 46.3 Å². The molecule has 4 rings (SSSR count). The fourth-order valence-electron chi connectivity index (χ4n) is 8.62. The number of hydrogen-bond acceptors (Lipinski definition) is 2. The monoisotopic (exact) mass is 400 g/mol. The Balaban J connectivity index is 1.46. The van der Waals surface area contributed by atoms with Crippen molar-refractivity contribution in [3.05, 3.63) is 11.6 Å². The Hall–Kier alpha value is -0.630. The Morgan fingerprint density at radius 3 is 2.59 bits per heavy atom. The molecule has 3 fully saturated rings. The summed E-state index contributed by atoms with van der Waals surface area (Å²) in [6.07, 6.45) is 15.8. The highest BCUT2D eigenvalue weighted by atomic mass is 16.3. The average Bonchev–Trinajstić information content (AvgIpc) is 3.05. The zero-order valence-electron chi connectivity index (χ0n) is 19.4.